The molecule has 10 heteroatoms. The van der Waals surface area contributed by atoms with Crippen LogP contribution in [0.25, 0.3) is 0 Å². The molecule has 0 saturated heterocycles. The van der Waals surface area contributed by atoms with Crippen LogP contribution in [0.2, 0.25) is 0 Å². The third-order valence-corrected chi connectivity index (χ3v) is 7.61. The van der Waals surface area contributed by atoms with Crippen molar-refractivity contribution in [1.29, 1.82) is 0 Å². The molecule has 3 rings (SSSR count). The molecule has 36 heavy (non-hydrogen) atoms. The Kier molecular flexibility index (Phi) is 9.00. The quantitative estimate of drug-likeness (QED) is 0.317. The van der Waals surface area contributed by atoms with E-state index in [1.165, 1.54) is 24.7 Å². The Morgan fingerprint density at radius 2 is 1.53 bits per heavy atom. The van der Waals surface area contributed by atoms with E-state index in [1.807, 2.05) is 32.0 Å². The standard InChI is InChI=1S/C26H31N3O6S/c1-18(2)13-22(25(30)31)28-23(26(32)33)14-20-15-27-17-29(20)24(19-9-5-3-6-10-19)16-36(34,35)21-11-7-4-8-12-21/h3-12,15,17-18,22-24,28H,13-14,16H2,1-2H3,(H,30,31)(H,32,33). The molecule has 0 spiro atoms. The fourth-order valence-corrected chi connectivity index (χ4v) is 5.63. The first-order valence-electron chi connectivity index (χ1n) is 11.6. The molecule has 3 N–H and O–H groups in total. The van der Waals surface area contributed by atoms with Crippen molar-refractivity contribution in [1.82, 2.24) is 14.9 Å². The maximum Gasteiger partial charge on any atom is 0.321 e. The summed E-state index contributed by atoms with van der Waals surface area (Å²) in [4.78, 5) is 28.1. The van der Waals surface area contributed by atoms with Gasteiger partial charge < -0.3 is 14.8 Å². The van der Waals surface area contributed by atoms with Gasteiger partial charge in [-0.3, -0.25) is 14.9 Å². The zero-order valence-corrected chi connectivity index (χ0v) is 21.0. The second-order valence-electron chi connectivity index (χ2n) is 9.10. The van der Waals surface area contributed by atoms with Gasteiger partial charge in [-0.25, -0.2) is 13.4 Å². The molecule has 0 aliphatic rings. The van der Waals surface area contributed by atoms with Gasteiger partial charge in [0.15, 0.2) is 9.84 Å². The lowest BCUT2D eigenvalue weighted by molar-refractivity contribution is -0.142. The van der Waals surface area contributed by atoms with Gasteiger partial charge in [0.1, 0.15) is 12.1 Å². The number of carboxylic acids is 2. The number of aliphatic carboxylic acids is 2. The minimum atomic E-state index is -3.70. The average molecular weight is 514 g/mol. The number of sulfone groups is 1. The molecule has 0 aliphatic carbocycles. The number of rotatable bonds is 13. The van der Waals surface area contributed by atoms with Crippen LogP contribution in [0.3, 0.4) is 0 Å². The van der Waals surface area contributed by atoms with Gasteiger partial charge in [0.05, 0.1) is 23.0 Å². The number of hydrogen-bond acceptors (Lipinski definition) is 6. The molecular formula is C26H31N3O6S. The van der Waals surface area contributed by atoms with Crippen molar-refractivity contribution >= 4 is 21.8 Å². The first-order valence-corrected chi connectivity index (χ1v) is 13.3. The number of benzene rings is 2. The zero-order valence-electron chi connectivity index (χ0n) is 20.2. The molecule has 0 bridgehead atoms. The summed E-state index contributed by atoms with van der Waals surface area (Å²) in [5.74, 6) is -2.55. The maximum atomic E-state index is 13.3. The van der Waals surface area contributed by atoms with Crippen LogP contribution in [-0.4, -0.2) is 58.0 Å². The van der Waals surface area contributed by atoms with Gasteiger partial charge in [0, 0.05) is 18.3 Å². The zero-order chi connectivity index (χ0) is 26.3. The van der Waals surface area contributed by atoms with Gasteiger partial charge in [0.25, 0.3) is 0 Å². The summed E-state index contributed by atoms with van der Waals surface area (Å²) in [5.41, 5.74) is 1.19. The van der Waals surface area contributed by atoms with Gasteiger partial charge in [0.2, 0.25) is 0 Å². The van der Waals surface area contributed by atoms with Crippen molar-refractivity contribution in [2.24, 2.45) is 5.92 Å². The van der Waals surface area contributed by atoms with E-state index in [4.69, 9.17) is 0 Å². The summed E-state index contributed by atoms with van der Waals surface area (Å²) in [6, 6.07) is 14.3. The minimum absolute atomic E-state index is 0.0456. The lowest BCUT2D eigenvalue weighted by Crippen LogP contribution is -2.49. The molecule has 3 aromatic rings. The van der Waals surface area contributed by atoms with Crippen LogP contribution in [0.5, 0.6) is 0 Å². The Bertz CT molecular complexity index is 1260. The van der Waals surface area contributed by atoms with Crippen molar-refractivity contribution in [2.45, 2.75) is 49.7 Å². The molecule has 0 radical (unpaired) electrons. The monoisotopic (exact) mass is 513 g/mol. The second kappa shape index (κ2) is 12.0. The fraction of sp³-hybridized carbons (Fsp3) is 0.346. The third-order valence-electron chi connectivity index (χ3n) is 5.86. The van der Waals surface area contributed by atoms with Crippen LogP contribution < -0.4 is 5.32 Å². The average Bonchev–Trinajstić information content (AvgIpc) is 3.30. The molecule has 1 heterocycles. The van der Waals surface area contributed by atoms with Crippen molar-refractivity contribution < 1.29 is 28.2 Å². The number of nitrogens with zero attached hydrogens (tertiary/aromatic N) is 2. The Balaban J connectivity index is 1.95. The molecule has 0 fully saturated rings. The van der Waals surface area contributed by atoms with E-state index in [-0.39, 0.29) is 29.4 Å². The van der Waals surface area contributed by atoms with E-state index in [0.717, 1.165) is 5.56 Å². The van der Waals surface area contributed by atoms with Crippen molar-refractivity contribution in [3.05, 3.63) is 84.4 Å². The number of aromatic nitrogens is 2. The fourth-order valence-electron chi connectivity index (χ4n) is 4.10. The number of carbonyl (C=O) groups is 2. The lowest BCUT2D eigenvalue weighted by Gasteiger charge is -2.25. The number of imidazole rings is 1. The number of hydrogen-bond donors (Lipinski definition) is 3. The van der Waals surface area contributed by atoms with Gasteiger partial charge in [-0.05, 0) is 30.0 Å². The van der Waals surface area contributed by atoms with Gasteiger partial charge in [-0.2, -0.15) is 0 Å². The molecule has 9 nitrogen and oxygen atoms in total. The Labute approximate surface area is 210 Å². The smallest absolute Gasteiger partial charge is 0.321 e. The van der Waals surface area contributed by atoms with Crippen molar-refractivity contribution in [3.63, 3.8) is 0 Å². The minimum Gasteiger partial charge on any atom is -0.480 e. The summed E-state index contributed by atoms with van der Waals surface area (Å²) < 4.78 is 28.2. The van der Waals surface area contributed by atoms with Crippen LogP contribution in [0, 0.1) is 5.92 Å². The molecule has 1 aromatic heterocycles. The van der Waals surface area contributed by atoms with Crippen molar-refractivity contribution in [2.75, 3.05) is 5.75 Å². The number of carboxylic acid groups (broad SMARTS) is 2. The van der Waals surface area contributed by atoms with Crippen LogP contribution in [0.1, 0.15) is 37.6 Å². The van der Waals surface area contributed by atoms with Crippen LogP contribution in [0.4, 0.5) is 0 Å². The van der Waals surface area contributed by atoms with Crippen molar-refractivity contribution in [3.8, 4) is 0 Å². The van der Waals surface area contributed by atoms with Crippen LogP contribution >= 0.6 is 0 Å². The highest BCUT2D eigenvalue weighted by atomic mass is 32.2. The molecule has 2 aromatic carbocycles. The highest BCUT2D eigenvalue weighted by molar-refractivity contribution is 7.91. The summed E-state index contributed by atoms with van der Waals surface area (Å²) in [6.45, 7) is 3.72. The van der Waals surface area contributed by atoms with E-state index in [2.05, 4.69) is 10.3 Å². The maximum absolute atomic E-state index is 13.3. The predicted molar refractivity (Wildman–Crippen MR) is 134 cm³/mol. The molecular weight excluding hydrogens is 482 g/mol. The predicted octanol–water partition coefficient (Wildman–Crippen LogP) is 3.03. The Morgan fingerprint density at radius 3 is 2.08 bits per heavy atom. The Hall–Kier alpha value is -3.50. The first kappa shape index (κ1) is 27.1. The second-order valence-corrected chi connectivity index (χ2v) is 11.1. The van der Waals surface area contributed by atoms with Crippen LogP contribution in [0.15, 0.2) is 78.1 Å². The summed E-state index contributed by atoms with van der Waals surface area (Å²) in [5, 5.41) is 22.1. The summed E-state index contributed by atoms with van der Waals surface area (Å²) in [7, 11) is -3.70. The summed E-state index contributed by atoms with van der Waals surface area (Å²) >= 11 is 0. The largest absolute Gasteiger partial charge is 0.480 e. The van der Waals surface area contributed by atoms with Gasteiger partial charge in [-0.1, -0.05) is 62.4 Å². The highest BCUT2D eigenvalue weighted by Gasteiger charge is 2.30. The topological polar surface area (TPSA) is 139 Å². The highest BCUT2D eigenvalue weighted by Crippen LogP contribution is 2.26. The molecule has 0 saturated carbocycles. The number of nitrogens with one attached hydrogen (secondary N) is 1. The van der Waals surface area contributed by atoms with E-state index < -0.39 is 39.9 Å². The molecule has 3 unspecified atom stereocenters. The van der Waals surface area contributed by atoms with Gasteiger partial charge >= 0.3 is 11.9 Å². The molecule has 0 amide bonds. The van der Waals surface area contributed by atoms with E-state index >= 15 is 0 Å². The van der Waals surface area contributed by atoms with E-state index in [1.54, 1.807) is 34.9 Å². The van der Waals surface area contributed by atoms with E-state index in [0.29, 0.717) is 5.69 Å². The van der Waals surface area contributed by atoms with E-state index in [9.17, 15) is 28.2 Å². The third kappa shape index (κ3) is 7.02. The SMILES string of the molecule is CC(C)CC(NC(Cc1cncn1C(CS(=O)(=O)c1ccccc1)c1ccccc1)C(=O)O)C(=O)O. The normalized spacial score (nSPS) is 14.3. The van der Waals surface area contributed by atoms with Crippen LogP contribution in [-0.2, 0) is 25.8 Å². The molecule has 192 valence electrons. The molecule has 0 aliphatic heterocycles. The summed E-state index contributed by atoms with van der Waals surface area (Å²) in [6.07, 6.45) is 3.16. The van der Waals surface area contributed by atoms with Gasteiger partial charge in [-0.15, -0.1) is 0 Å². The Morgan fingerprint density at radius 1 is 0.944 bits per heavy atom. The first-order chi connectivity index (χ1) is 17.1. The lowest BCUT2D eigenvalue weighted by atomic mass is 10.0. The molecule has 3 atom stereocenters.